The molecule has 1 aliphatic heterocycles. The number of hydrogen-bond donors (Lipinski definition) is 1. The van der Waals surface area contributed by atoms with Crippen LogP contribution >= 0.6 is 11.8 Å². The maximum Gasteiger partial charge on any atom is 0.253 e. The van der Waals surface area contributed by atoms with E-state index in [1.54, 1.807) is 0 Å². The van der Waals surface area contributed by atoms with Crippen LogP contribution in [0.1, 0.15) is 45.0 Å². The first-order valence-corrected chi connectivity index (χ1v) is 10.4. The summed E-state index contributed by atoms with van der Waals surface area (Å²) in [7, 11) is 0. The van der Waals surface area contributed by atoms with Gasteiger partial charge in [-0.25, -0.2) is 0 Å². The van der Waals surface area contributed by atoms with Crippen LogP contribution in [0, 0.1) is 5.92 Å². The molecular formula is C20H31N3O2S. The average molecular weight is 378 g/mol. The molecule has 2 rings (SSSR count). The van der Waals surface area contributed by atoms with Crippen LogP contribution in [0.25, 0.3) is 0 Å². The second kappa shape index (κ2) is 9.42. The Morgan fingerprint density at radius 2 is 1.92 bits per heavy atom. The molecule has 0 saturated carbocycles. The standard InChI is InChI=1S/C20H31N3O2S/c1-6-22(7-2)10-11-23(13-14(3)4)20(25)16-8-9-18-17(12-16)21-19(24)15(5)26-18/h8-9,12,14-15H,6-7,10-11,13H2,1-5H3,(H,21,24). The fourth-order valence-corrected chi connectivity index (χ4v) is 3.97. The summed E-state index contributed by atoms with van der Waals surface area (Å²) in [5.74, 6) is 0.434. The molecule has 2 amide bonds. The number of nitrogens with one attached hydrogen (secondary N) is 1. The van der Waals surface area contributed by atoms with E-state index in [4.69, 9.17) is 0 Å². The fraction of sp³-hybridized carbons (Fsp3) is 0.600. The van der Waals surface area contributed by atoms with E-state index in [9.17, 15) is 9.59 Å². The van der Waals surface area contributed by atoms with Gasteiger partial charge in [-0.05, 0) is 44.1 Å². The normalized spacial score (nSPS) is 16.6. The van der Waals surface area contributed by atoms with Crippen LogP contribution in [0.15, 0.2) is 23.1 Å². The highest BCUT2D eigenvalue weighted by molar-refractivity contribution is 8.00. The highest BCUT2D eigenvalue weighted by Crippen LogP contribution is 2.36. The zero-order valence-corrected chi connectivity index (χ0v) is 17.4. The monoisotopic (exact) mass is 377 g/mol. The molecule has 1 aromatic carbocycles. The van der Waals surface area contributed by atoms with Crippen molar-refractivity contribution in [3.05, 3.63) is 23.8 Å². The first kappa shape index (κ1) is 20.8. The summed E-state index contributed by atoms with van der Waals surface area (Å²) in [5, 5.41) is 2.81. The van der Waals surface area contributed by atoms with Crippen molar-refractivity contribution in [1.29, 1.82) is 0 Å². The number of amides is 2. The molecule has 6 heteroatoms. The first-order valence-electron chi connectivity index (χ1n) is 9.48. The Labute approximate surface area is 161 Å². The van der Waals surface area contributed by atoms with E-state index in [0.717, 1.165) is 36.8 Å². The third-order valence-corrected chi connectivity index (χ3v) is 5.79. The molecule has 1 atom stereocenters. The highest BCUT2D eigenvalue weighted by atomic mass is 32.2. The summed E-state index contributed by atoms with van der Waals surface area (Å²) >= 11 is 1.54. The summed E-state index contributed by atoms with van der Waals surface area (Å²) in [5.41, 5.74) is 1.39. The summed E-state index contributed by atoms with van der Waals surface area (Å²) < 4.78 is 0. The largest absolute Gasteiger partial charge is 0.337 e. The van der Waals surface area contributed by atoms with Crippen molar-refractivity contribution in [1.82, 2.24) is 9.80 Å². The van der Waals surface area contributed by atoms with Gasteiger partial charge >= 0.3 is 0 Å². The molecule has 1 aliphatic rings. The lowest BCUT2D eigenvalue weighted by molar-refractivity contribution is -0.115. The van der Waals surface area contributed by atoms with Crippen molar-refractivity contribution in [2.75, 3.05) is 38.0 Å². The predicted molar refractivity (Wildman–Crippen MR) is 109 cm³/mol. The fourth-order valence-electron chi connectivity index (χ4n) is 3.04. The molecule has 0 bridgehead atoms. The van der Waals surface area contributed by atoms with Crippen LogP contribution < -0.4 is 5.32 Å². The molecule has 1 unspecified atom stereocenters. The second-order valence-electron chi connectivity index (χ2n) is 7.13. The molecule has 1 aromatic rings. The van der Waals surface area contributed by atoms with Gasteiger partial charge in [0.05, 0.1) is 10.9 Å². The van der Waals surface area contributed by atoms with Gasteiger partial charge in [0.2, 0.25) is 5.91 Å². The van der Waals surface area contributed by atoms with Crippen LogP contribution in [0.5, 0.6) is 0 Å². The van der Waals surface area contributed by atoms with Crippen LogP contribution in [0.2, 0.25) is 0 Å². The van der Waals surface area contributed by atoms with Crippen molar-refractivity contribution in [3.63, 3.8) is 0 Å². The van der Waals surface area contributed by atoms with Gasteiger partial charge < -0.3 is 15.1 Å². The van der Waals surface area contributed by atoms with E-state index < -0.39 is 0 Å². The molecule has 0 aliphatic carbocycles. The van der Waals surface area contributed by atoms with Crippen LogP contribution in [-0.4, -0.2) is 59.6 Å². The zero-order valence-electron chi connectivity index (χ0n) is 16.5. The third-order valence-electron chi connectivity index (χ3n) is 4.61. The Bertz CT molecular complexity index is 644. The summed E-state index contributed by atoms with van der Waals surface area (Å²) in [6, 6.07) is 5.64. The van der Waals surface area contributed by atoms with Gasteiger partial charge in [-0.3, -0.25) is 9.59 Å². The smallest absolute Gasteiger partial charge is 0.253 e. The van der Waals surface area contributed by atoms with Crippen molar-refractivity contribution in [2.24, 2.45) is 5.92 Å². The van der Waals surface area contributed by atoms with Crippen LogP contribution in [0.3, 0.4) is 0 Å². The third kappa shape index (κ3) is 5.24. The Morgan fingerprint density at radius 1 is 1.23 bits per heavy atom. The van der Waals surface area contributed by atoms with E-state index in [0.29, 0.717) is 18.0 Å². The maximum absolute atomic E-state index is 13.1. The van der Waals surface area contributed by atoms with Gasteiger partial charge in [-0.2, -0.15) is 0 Å². The van der Waals surface area contributed by atoms with Gasteiger partial charge in [0, 0.05) is 30.1 Å². The van der Waals surface area contributed by atoms with Gasteiger partial charge in [0.25, 0.3) is 5.91 Å². The van der Waals surface area contributed by atoms with E-state index in [1.807, 2.05) is 30.0 Å². The first-order chi connectivity index (χ1) is 12.3. The van der Waals surface area contributed by atoms with E-state index in [-0.39, 0.29) is 17.1 Å². The topological polar surface area (TPSA) is 52.6 Å². The minimum Gasteiger partial charge on any atom is -0.337 e. The molecule has 144 valence electrons. The predicted octanol–water partition coefficient (Wildman–Crippen LogP) is 3.56. The Hall–Kier alpha value is -1.53. The Kier molecular flexibility index (Phi) is 7.53. The molecule has 1 N–H and O–H groups in total. The van der Waals surface area contributed by atoms with Crippen molar-refractivity contribution in [3.8, 4) is 0 Å². The molecule has 0 aromatic heterocycles. The number of rotatable bonds is 8. The van der Waals surface area contributed by atoms with Gasteiger partial charge in [0.15, 0.2) is 0 Å². The number of anilines is 1. The number of nitrogens with zero attached hydrogens (tertiary/aromatic N) is 2. The number of thioether (sulfide) groups is 1. The van der Waals surface area contributed by atoms with Crippen LogP contribution in [0.4, 0.5) is 5.69 Å². The van der Waals surface area contributed by atoms with Gasteiger partial charge in [0.1, 0.15) is 0 Å². The summed E-state index contributed by atoms with van der Waals surface area (Å²) in [4.78, 5) is 30.3. The van der Waals surface area contributed by atoms with Gasteiger partial charge in [-0.1, -0.05) is 27.7 Å². The molecular weight excluding hydrogens is 346 g/mol. The Morgan fingerprint density at radius 3 is 2.54 bits per heavy atom. The molecule has 26 heavy (non-hydrogen) atoms. The Balaban J connectivity index is 2.17. The summed E-state index contributed by atoms with van der Waals surface area (Å²) in [6.07, 6.45) is 0. The average Bonchev–Trinajstić information content (AvgIpc) is 2.61. The highest BCUT2D eigenvalue weighted by Gasteiger charge is 2.25. The lowest BCUT2D eigenvalue weighted by Crippen LogP contribution is -2.40. The van der Waals surface area contributed by atoms with Crippen molar-refractivity contribution < 1.29 is 9.59 Å². The minimum atomic E-state index is -0.101. The molecule has 0 spiro atoms. The maximum atomic E-state index is 13.1. The molecule has 0 radical (unpaired) electrons. The molecule has 0 fully saturated rings. The van der Waals surface area contributed by atoms with E-state index >= 15 is 0 Å². The number of fused-ring (bicyclic) bond motifs is 1. The van der Waals surface area contributed by atoms with E-state index in [2.05, 4.69) is 37.9 Å². The zero-order chi connectivity index (χ0) is 19.3. The minimum absolute atomic E-state index is 0.00679. The van der Waals surface area contributed by atoms with Crippen molar-refractivity contribution in [2.45, 2.75) is 44.8 Å². The molecule has 5 nitrogen and oxygen atoms in total. The lowest BCUT2D eigenvalue weighted by atomic mass is 10.1. The molecule has 0 saturated heterocycles. The second-order valence-corrected chi connectivity index (χ2v) is 8.51. The number of carbonyl (C=O) groups is 2. The molecule has 1 heterocycles. The SMILES string of the molecule is CCN(CC)CCN(CC(C)C)C(=O)c1ccc2c(c1)NC(=O)C(C)S2. The van der Waals surface area contributed by atoms with Gasteiger partial charge in [-0.15, -0.1) is 11.8 Å². The van der Waals surface area contributed by atoms with E-state index in [1.165, 1.54) is 11.8 Å². The number of hydrogen-bond acceptors (Lipinski definition) is 4. The number of likely N-dealkylation sites (N-methyl/N-ethyl adjacent to an activating group) is 1. The lowest BCUT2D eigenvalue weighted by Gasteiger charge is -2.28. The number of benzene rings is 1. The quantitative estimate of drug-likeness (QED) is 0.753. The van der Waals surface area contributed by atoms with Crippen molar-refractivity contribution >= 4 is 29.3 Å². The number of carbonyl (C=O) groups excluding carboxylic acids is 2. The van der Waals surface area contributed by atoms with Crippen LogP contribution in [-0.2, 0) is 4.79 Å². The summed E-state index contributed by atoms with van der Waals surface area (Å²) in [6.45, 7) is 14.7.